The van der Waals surface area contributed by atoms with Gasteiger partial charge in [-0.3, -0.25) is 0 Å². The van der Waals surface area contributed by atoms with E-state index in [1.807, 2.05) is 12.1 Å². The number of rotatable bonds is 4. The normalized spacial score (nSPS) is 12.5. The highest BCUT2D eigenvalue weighted by molar-refractivity contribution is 5.72. The van der Waals surface area contributed by atoms with E-state index in [2.05, 4.69) is 13.8 Å². The molecule has 1 unspecified atom stereocenters. The summed E-state index contributed by atoms with van der Waals surface area (Å²) in [5.74, 6) is 0.105. The first-order valence-corrected chi connectivity index (χ1v) is 5.00. The van der Waals surface area contributed by atoms with Gasteiger partial charge >= 0.3 is 5.97 Å². The summed E-state index contributed by atoms with van der Waals surface area (Å²) in [5, 5.41) is 8.66. The van der Waals surface area contributed by atoms with Gasteiger partial charge in [-0.2, -0.15) is 0 Å². The average molecular weight is 208 g/mol. The molecular formula is C12H16O3. The van der Waals surface area contributed by atoms with Crippen molar-refractivity contribution in [2.45, 2.75) is 32.8 Å². The van der Waals surface area contributed by atoms with Gasteiger partial charge in [0.2, 0.25) is 0 Å². The SMILES string of the molecule is CC(Oc1ccc(C(C)C)cc1)C(=O)O. The van der Waals surface area contributed by atoms with E-state index in [1.54, 1.807) is 12.1 Å². The molecule has 3 nitrogen and oxygen atoms in total. The van der Waals surface area contributed by atoms with Crippen molar-refractivity contribution in [1.82, 2.24) is 0 Å². The molecule has 0 fully saturated rings. The van der Waals surface area contributed by atoms with Crippen molar-refractivity contribution < 1.29 is 14.6 Å². The van der Waals surface area contributed by atoms with E-state index < -0.39 is 12.1 Å². The first-order chi connectivity index (χ1) is 7.00. The van der Waals surface area contributed by atoms with Crippen molar-refractivity contribution >= 4 is 5.97 Å². The van der Waals surface area contributed by atoms with Crippen molar-refractivity contribution in [1.29, 1.82) is 0 Å². The van der Waals surface area contributed by atoms with Gasteiger partial charge < -0.3 is 9.84 Å². The Bertz CT molecular complexity index is 327. The van der Waals surface area contributed by atoms with Crippen molar-refractivity contribution in [2.75, 3.05) is 0 Å². The van der Waals surface area contributed by atoms with Crippen LogP contribution in [0.15, 0.2) is 24.3 Å². The Morgan fingerprint density at radius 1 is 1.20 bits per heavy atom. The molecule has 1 rings (SSSR count). The monoisotopic (exact) mass is 208 g/mol. The van der Waals surface area contributed by atoms with Crippen molar-refractivity contribution in [3.8, 4) is 5.75 Å². The maximum atomic E-state index is 10.6. The molecule has 0 radical (unpaired) electrons. The molecule has 0 bridgehead atoms. The molecule has 0 amide bonds. The largest absolute Gasteiger partial charge is 0.479 e. The molecule has 0 saturated heterocycles. The predicted molar refractivity (Wildman–Crippen MR) is 58.3 cm³/mol. The lowest BCUT2D eigenvalue weighted by Gasteiger charge is -2.11. The number of carbonyl (C=O) groups is 1. The van der Waals surface area contributed by atoms with Crippen molar-refractivity contribution in [2.24, 2.45) is 0 Å². The van der Waals surface area contributed by atoms with Gasteiger partial charge in [0.1, 0.15) is 5.75 Å². The number of hydrogen-bond donors (Lipinski definition) is 1. The lowest BCUT2D eigenvalue weighted by Crippen LogP contribution is -2.22. The zero-order valence-electron chi connectivity index (χ0n) is 9.23. The molecular weight excluding hydrogens is 192 g/mol. The molecule has 0 aliphatic carbocycles. The van der Waals surface area contributed by atoms with Crippen LogP contribution < -0.4 is 4.74 Å². The van der Waals surface area contributed by atoms with Crippen LogP contribution in [0.4, 0.5) is 0 Å². The summed E-state index contributed by atoms with van der Waals surface area (Å²) in [6.07, 6.45) is -0.810. The molecule has 1 N–H and O–H groups in total. The van der Waals surface area contributed by atoms with Gasteiger partial charge in [0.15, 0.2) is 6.10 Å². The van der Waals surface area contributed by atoms with Gasteiger partial charge in [0.25, 0.3) is 0 Å². The Kier molecular flexibility index (Phi) is 3.72. The fraction of sp³-hybridized carbons (Fsp3) is 0.417. The van der Waals surface area contributed by atoms with Crippen LogP contribution in [0.1, 0.15) is 32.3 Å². The molecule has 15 heavy (non-hydrogen) atoms. The number of hydrogen-bond acceptors (Lipinski definition) is 2. The Balaban J connectivity index is 2.68. The summed E-state index contributed by atoms with van der Waals surface area (Å²) in [5.41, 5.74) is 1.21. The Morgan fingerprint density at radius 3 is 2.13 bits per heavy atom. The molecule has 82 valence electrons. The van der Waals surface area contributed by atoms with Crippen LogP contribution in [0.2, 0.25) is 0 Å². The standard InChI is InChI=1S/C12H16O3/c1-8(2)10-4-6-11(7-5-10)15-9(3)12(13)14/h4-9H,1-3H3,(H,13,14). The first-order valence-electron chi connectivity index (χ1n) is 5.00. The summed E-state index contributed by atoms with van der Waals surface area (Å²) in [6, 6.07) is 7.51. The minimum absolute atomic E-state index is 0.468. The van der Waals surface area contributed by atoms with Crippen LogP contribution in [-0.4, -0.2) is 17.2 Å². The summed E-state index contributed by atoms with van der Waals surface area (Å²) in [4.78, 5) is 10.6. The number of carboxylic acids is 1. The Morgan fingerprint density at radius 2 is 1.73 bits per heavy atom. The number of carboxylic acid groups (broad SMARTS) is 1. The topological polar surface area (TPSA) is 46.5 Å². The Hall–Kier alpha value is -1.51. The van der Waals surface area contributed by atoms with E-state index in [-0.39, 0.29) is 0 Å². The Labute approximate surface area is 89.7 Å². The van der Waals surface area contributed by atoms with Crippen LogP contribution >= 0.6 is 0 Å². The van der Waals surface area contributed by atoms with Crippen molar-refractivity contribution in [3.05, 3.63) is 29.8 Å². The van der Waals surface area contributed by atoms with Crippen LogP contribution in [0.5, 0.6) is 5.75 Å². The summed E-state index contributed by atoms with van der Waals surface area (Å²) >= 11 is 0. The van der Waals surface area contributed by atoms with Crippen LogP contribution in [0.3, 0.4) is 0 Å². The molecule has 0 saturated carbocycles. The zero-order valence-corrected chi connectivity index (χ0v) is 9.23. The van der Waals surface area contributed by atoms with E-state index in [1.165, 1.54) is 12.5 Å². The quantitative estimate of drug-likeness (QED) is 0.827. The molecule has 0 aromatic heterocycles. The summed E-state index contributed by atoms with van der Waals surface area (Å²) in [6.45, 7) is 5.73. The maximum absolute atomic E-state index is 10.6. The van der Waals surface area contributed by atoms with E-state index in [9.17, 15) is 4.79 Å². The van der Waals surface area contributed by atoms with Crippen molar-refractivity contribution in [3.63, 3.8) is 0 Å². The number of aliphatic carboxylic acids is 1. The van der Waals surface area contributed by atoms with E-state index in [0.29, 0.717) is 11.7 Å². The molecule has 0 heterocycles. The maximum Gasteiger partial charge on any atom is 0.344 e. The molecule has 1 aromatic rings. The predicted octanol–water partition coefficient (Wildman–Crippen LogP) is 2.66. The minimum atomic E-state index is -0.956. The van der Waals surface area contributed by atoms with Crippen LogP contribution in [-0.2, 0) is 4.79 Å². The third-order valence-electron chi connectivity index (χ3n) is 2.21. The molecule has 3 heteroatoms. The van der Waals surface area contributed by atoms with E-state index in [0.717, 1.165) is 0 Å². The summed E-state index contributed by atoms with van der Waals surface area (Å²) < 4.78 is 5.21. The third-order valence-corrected chi connectivity index (χ3v) is 2.21. The molecule has 1 atom stereocenters. The van der Waals surface area contributed by atoms with E-state index >= 15 is 0 Å². The van der Waals surface area contributed by atoms with Gasteiger partial charge in [-0.25, -0.2) is 4.79 Å². The second-order valence-electron chi connectivity index (χ2n) is 3.82. The fourth-order valence-electron chi connectivity index (χ4n) is 1.19. The minimum Gasteiger partial charge on any atom is -0.479 e. The van der Waals surface area contributed by atoms with Gasteiger partial charge in [-0.1, -0.05) is 26.0 Å². The molecule has 1 aromatic carbocycles. The number of ether oxygens (including phenoxy) is 1. The lowest BCUT2D eigenvalue weighted by atomic mass is 10.0. The highest BCUT2D eigenvalue weighted by Gasteiger charge is 2.12. The summed E-state index contributed by atoms with van der Waals surface area (Å²) in [7, 11) is 0. The van der Waals surface area contributed by atoms with E-state index in [4.69, 9.17) is 9.84 Å². The third kappa shape index (κ3) is 3.27. The highest BCUT2D eigenvalue weighted by atomic mass is 16.5. The fourth-order valence-corrected chi connectivity index (χ4v) is 1.19. The number of benzene rings is 1. The molecule has 0 aliphatic rings. The van der Waals surface area contributed by atoms with Crippen LogP contribution in [0.25, 0.3) is 0 Å². The lowest BCUT2D eigenvalue weighted by molar-refractivity contribution is -0.144. The van der Waals surface area contributed by atoms with Gasteiger partial charge in [-0.05, 0) is 30.5 Å². The zero-order chi connectivity index (χ0) is 11.4. The second-order valence-corrected chi connectivity index (χ2v) is 3.82. The smallest absolute Gasteiger partial charge is 0.344 e. The highest BCUT2D eigenvalue weighted by Crippen LogP contribution is 2.19. The average Bonchev–Trinajstić information content (AvgIpc) is 2.18. The van der Waals surface area contributed by atoms with Gasteiger partial charge in [0, 0.05) is 0 Å². The molecule has 0 spiro atoms. The van der Waals surface area contributed by atoms with Gasteiger partial charge in [0.05, 0.1) is 0 Å². The molecule has 0 aliphatic heterocycles. The van der Waals surface area contributed by atoms with Gasteiger partial charge in [-0.15, -0.1) is 0 Å². The first kappa shape index (κ1) is 11.6. The second kappa shape index (κ2) is 4.82. The van der Waals surface area contributed by atoms with Crippen LogP contribution in [0, 0.1) is 0 Å².